The summed E-state index contributed by atoms with van der Waals surface area (Å²) in [5, 5.41) is 14.2. The molecule has 130 valence electrons. The molecule has 2 aromatic rings. The molecule has 1 amide bonds. The zero-order valence-corrected chi connectivity index (χ0v) is 13.9. The van der Waals surface area contributed by atoms with Gasteiger partial charge >= 0.3 is 0 Å². The van der Waals surface area contributed by atoms with Crippen LogP contribution in [0.4, 0.5) is 17.1 Å². The predicted molar refractivity (Wildman–Crippen MR) is 93.3 cm³/mol. The van der Waals surface area contributed by atoms with E-state index < -0.39 is 10.8 Å². The van der Waals surface area contributed by atoms with Crippen LogP contribution in [0, 0.1) is 10.1 Å². The lowest BCUT2D eigenvalue weighted by Crippen LogP contribution is -2.36. The largest absolute Gasteiger partial charge is 0.378 e. The van der Waals surface area contributed by atoms with Crippen molar-refractivity contribution >= 4 is 34.6 Å². The van der Waals surface area contributed by atoms with Gasteiger partial charge in [0.15, 0.2) is 5.15 Å². The Bertz CT molecular complexity index is 808. The highest BCUT2D eigenvalue weighted by Gasteiger charge is 2.23. The number of hydrogen-bond donors (Lipinski definition) is 1. The molecular weight excluding hydrogens is 348 g/mol. The van der Waals surface area contributed by atoms with E-state index in [0.717, 1.165) is 0 Å². The monoisotopic (exact) mass is 362 g/mol. The third kappa shape index (κ3) is 3.86. The van der Waals surface area contributed by atoms with Crippen molar-refractivity contribution in [2.75, 3.05) is 36.5 Å². The fraction of sp³-hybridized carbons (Fsp3) is 0.250. The van der Waals surface area contributed by atoms with Gasteiger partial charge in [-0.2, -0.15) is 0 Å². The van der Waals surface area contributed by atoms with E-state index in [1.54, 1.807) is 24.3 Å². The number of carbonyl (C=O) groups is 1. The Balaban J connectivity index is 1.87. The van der Waals surface area contributed by atoms with Crippen LogP contribution >= 0.6 is 11.6 Å². The van der Waals surface area contributed by atoms with E-state index in [9.17, 15) is 14.9 Å². The van der Waals surface area contributed by atoms with Crippen molar-refractivity contribution in [2.45, 2.75) is 0 Å². The Morgan fingerprint density at radius 1 is 1.32 bits per heavy atom. The molecule has 0 unspecified atom stereocenters. The van der Waals surface area contributed by atoms with E-state index in [2.05, 4.69) is 10.3 Å². The first-order chi connectivity index (χ1) is 12.1. The molecule has 1 aromatic heterocycles. The smallest absolute Gasteiger partial charge is 0.293 e. The second kappa shape index (κ2) is 7.45. The van der Waals surface area contributed by atoms with Crippen molar-refractivity contribution < 1.29 is 14.5 Å². The maximum Gasteiger partial charge on any atom is 0.293 e. The van der Waals surface area contributed by atoms with Gasteiger partial charge in [-0.15, -0.1) is 0 Å². The van der Waals surface area contributed by atoms with Gasteiger partial charge in [-0.25, -0.2) is 4.98 Å². The number of nitrogens with one attached hydrogen (secondary N) is 1. The predicted octanol–water partition coefficient (Wildman–Crippen LogP) is 2.73. The molecule has 0 spiro atoms. The summed E-state index contributed by atoms with van der Waals surface area (Å²) in [5.41, 5.74) is 0.869. The number of hydrogen-bond acceptors (Lipinski definition) is 6. The maximum absolute atomic E-state index is 12.4. The summed E-state index contributed by atoms with van der Waals surface area (Å²) in [5.74, 6) is -0.494. The Hall–Kier alpha value is -2.71. The number of nitrogens with zero attached hydrogens (tertiary/aromatic N) is 3. The van der Waals surface area contributed by atoms with E-state index in [0.29, 0.717) is 37.7 Å². The second-order valence-electron chi connectivity index (χ2n) is 5.36. The topological polar surface area (TPSA) is 97.6 Å². The fourth-order valence-electron chi connectivity index (χ4n) is 2.56. The molecule has 3 rings (SSSR count). The molecule has 1 fully saturated rings. The normalized spacial score (nSPS) is 14.2. The Morgan fingerprint density at radius 2 is 2.08 bits per heavy atom. The first-order valence-corrected chi connectivity index (χ1v) is 7.97. The summed E-state index contributed by atoms with van der Waals surface area (Å²) in [6.07, 6.45) is 1.50. The molecule has 0 saturated carbocycles. The molecule has 2 heterocycles. The molecule has 0 atom stereocenters. The molecule has 0 bridgehead atoms. The van der Waals surface area contributed by atoms with Crippen molar-refractivity contribution in [1.82, 2.24) is 4.98 Å². The highest BCUT2D eigenvalue weighted by molar-refractivity contribution is 6.32. The van der Waals surface area contributed by atoms with Crippen LogP contribution in [0.5, 0.6) is 0 Å². The van der Waals surface area contributed by atoms with Gasteiger partial charge < -0.3 is 15.0 Å². The van der Waals surface area contributed by atoms with Gasteiger partial charge in [0.2, 0.25) is 0 Å². The van der Waals surface area contributed by atoms with Crippen LogP contribution in [-0.4, -0.2) is 42.1 Å². The lowest BCUT2D eigenvalue weighted by molar-refractivity contribution is -0.384. The van der Waals surface area contributed by atoms with Gasteiger partial charge in [-0.3, -0.25) is 14.9 Å². The number of pyridine rings is 1. The van der Waals surface area contributed by atoms with Crippen molar-refractivity contribution in [3.05, 3.63) is 57.4 Å². The van der Waals surface area contributed by atoms with Gasteiger partial charge in [0.05, 0.1) is 23.8 Å². The fourth-order valence-corrected chi connectivity index (χ4v) is 2.72. The molecule has 1 N–H and O–H groups in total. The Morgan fingerprint density at radius 3 is 2.76 bits per heavy atom. The molecule has 8 nitrogen and oxygen atoms in total. The first-order valence-electron chi connectivity index (χ1n) is 7.59. The van der Waals surface area contributed by atoms with E-state index in [-0.39, 0.29) is 16.4 Å². The molecule has 25 heavy (non-hydrogen) atoms. The third-order valence-electron chi connectivity index (χ3n) is 3.79. The number of ether oxygens (including phenoxy) is 1. The van der Waals surface area contributed by atoms with Gasteiger partial charge in [-0.05, 0) is 24.3 Å². The van der Waals surface area contributed by atoms with Crippen molar-refractivity contribution in [3.8, 4) is 0 Å². The van der Waals surface area contributed by atoms with Crippen LogP contribution in [0.2, 0.25) is 5.15 Å². The van der Waals surface area contributed by atoms with E-state index in [4.69, 9.17) is 16.3 Å². The number of anilines is 2. The summed E-state index contributed by atoms with van der Waals surface area (Å²) in [7, 11) is 0. The van der Waals surface area contributed by atoms with Crippen LogP contribution in [0.15, 0.2) is 36.5 Å². The standard InChI is InChI=1S/C16H15ClN4O4/c17-15-12(2-1-5-18-15)19-16(22)11-3-4-13(14(10-11)21(23)24)20-6-8-25-9-7-20/h1-5,10H,6-9H2,(H,19,22). The SMILES string of the molecule is O=C(Nc1cccnc1Cl)c1ccc(N2CCOCC2)c([N+](=O)[O-])c1. The summed E-state index contributed by atoms with van der Waals surface area (Å²) in [6, 6.07) is 7.64. The summed E-state index contributed by atoms with van der Waals surface area (Å²) in [6.45, 7) is 2.16. The van der Waals surface area contributed by atoms with E-state index >= 15 is 0 Å². The van der Waals surface area contributed by atoms with Crippen LogP contribution in [-0.2, 0) is 4.74 Å². The lowest BCUT2D eigenvalue weighted by atomic mass is 10.1. The molecule has 9 heteroatoms. The second-order valence-corrected chi connectivity index (χ2v) is 5.71. The van der Waals surface area contributed by atoms with Crippen LogP contribution in [0.25, 0.3) is 0 Å². The van der Waals surface area contributed by atoms with Crippen molar-refractivity contribution in [3.63, 3.8) is 0 Å². The van der Waals surface area contributed by atoms with Gasteiger partial charge in [0, 0.05) is 30.9 Å². The van der Waals surface area contributed by atoms with E-state index in [1.165, 1.54) is 12.3 Å². The van der Waals surface area contributed by atoms with Crippen LogP contribution in [0.3, 0.4) is 0 Å². The number of benzene rings is 1. The highest BCUT2D eigenvalue weighted by Crippen LogP contribution is 2.30. The number of rotatable bonds is 4. The Kier molecular flexibility index (Phi) is 5.11. The van der Waals surface area contributed by atoms with E-state index in [1.807, 2.05) is 4.90 Å². The minimum absolute atomic E-state index is 0.119. The number of nitro groups is 1. The number of amides is 1. The molecule has 0 radical (unpaired) electrons. The average Bonchev–Trinajstić information content (AvgIpc) is 2.63. The van der Waals surface area contributed by atoms with Gasteiger partial charge in [0.25, 0.3) is 11.6 Å². The molecule has 1 aromatic carbocycles. The zero-order chi connectivity index (χ0) is 17.8. The molecule has 1 aliphatic rings. The first kappa shape index (κ1) is 17.1. The third-order valence-corrected chi connectivity index (χ3v) is 4.09. The number of aromatic nitrogens is 1. The van der Waals surface area contributed by atoms with Crippen molar-refractivity contribution in [2.24, 2.45) is 0 Å². The van der Waals surface area contributed by atoms with Crippen LogP contribution < -0.4 is 10.2 Å². The van der Waals surface area contributed by atoms with Gasteiger partial charge in [-0.1, -0.05) is 11.6 Å². The summed E-state index contributed by atoms with van der Waals surface area (Å²) >= 11 is 5.91. The molecule has 0 aliphatic carbocycles. The number of halogens is 1. The maximum atomic E-state index is 12.4. The summed E-state index contributed by atoms with van der Waals surface area (Å²) in [4.78, 5) is 29.1. The average molecular weight is 363 g/mol. The lowest BCUT2D eigenvalue weighted by Gasteiger charge is -2.28. The molecule has 1 aliphatic heterocycles. The number of carbonyl (C=O) groups excluding carboxylic acids is 1. The number of morpholine rings is 1. The Labute approximate surface area is 148 Å². The quantitative estimate of drug-likeness (QED) is 0.510. The zero-order valence-electron chi connectivity index (χ0n) is 13.1. The summed E-state index contributed by atoms with van der Waals surface area (Å²) < 4.78 is 5.27. The number of nitro benzene ring substituents is 1. The van der Waals surface area contributed by atoms with Crippen molar-refractivity contribution in [1.29, 1.82) is 0 Å². The molecule has 1 saturated heterocycles. The minimum atomic E-state index is -0.494. The molecular formula is C16H15ClN4O4. The highest BCUT2D eigenvalue weighted by atomic mass is 35.5. The van der Waals surface area contributed by atoms with Crippen LogP contribution in [0.1, 0.15) is 10.4 Å². The minimum Gasteiger partial charge on any atom is -0.378 e. The van der Waals surface area contributed by atoms with Gasteiger partial charge in [0.1, 0.15) is 5.69 Å².